The zero-order valence-electron chi connectivity index (χ0n) is 7.31. The number of phenolic OH excluding ortho intramolecular Hbond substituents is 1. The maximum absolute atomic E-state index is 9.33. The van der Waals surface area contributed by atoms with Crippen molar-refractivity contribution in [3.05, 3.63) is 28.8 Å². The highest BCUT2D eigenvalue weighted by molar-refractivity contribution is 5.41. The molecule has 2 heteroatoms. The van der Waals surface area contributed by atoms with Crippen LogP contribution in [-0.2, 0) is 0 Å². The highest BCUT2D eigenvalue weighted by Crippen LogP contribution is 2.21. The van der Waals surface area contributed by atoms with E-state index in [-0.39, 0.29) is 6.15 Å². The number of hydrogen-bond donors (Lipinski definition) is 2. The minimum absolute atomic E-state index is 0. The molecule has 1 rings (SSSR count). The monoisotopic (exact) mass is 153 g/mol. The van der Waals surface area contributed by atoms with Gasteiger partial charge in [0.25, 0.3) is 0 Å². The number of aromatic hydroxyl groups is 1. The maximum atomic E-state index is 9.33. The van der Waals surface area contributed by atoms with Crippen LogP contribution in [0, 0.1) is 20.8 Å². The van der Waals surface area contributed by atoms with Crippen molar-refractivity contribution in [1.29, 1.82) is 0 Å². The lowest BCUT2D eigenvalue weighted by Crippen LogP contribution is -1.81. The van der Waals surface area contributed by atoms with Crippen molar-refractivity contribution in [3.8, 4) is 5.75 Å². The van der Waals surface area contributed by atoms with E-state index in [9.17, 15) is 5.11 Å². The van der Waals surface area contributed by atoms with Gasteiger partial charge in [-0.1, -0.05) is 17.7 Å². The molecule has 62 valence electrons. The molecule has 0 heterocycles. The molecule has 0 radical (unpaired) electrons. The molecule has 0 aliphatic rings. The molecule has 1 aromatic rings. The molecule has 2 nitrogen and oxygen atoms in total. The van der Waals surface area contributed by atoms with Crippen molar-refractivity contribution >= 4 is 0 Å². The standard InChI is InChI=1S/C9H12O.H3N/c1-6-4-7(2)9(10)8(3)5-6;/h4-5,10H,1-3H3;1H3. The molecule has 0 aliphatic carbocycles. The van der Waals surface area contributed by atoms with Gasteiger partial charge in [0.2, 0.25) is 0 Å². The lowest BCUT2D eigenvalue weighted by atomic mass is 10.1. The van der Waals surface area contributed by atoms with Gasteiger partial charge in [0.05, 0.1) is 0 Å². The Morgan fingerprint density at radius 2 is 1.36 bits per heavy atom. The molecule has 0 amide bonds. The minimum atomic E-state index is 0. The highest BCUT2D eigenvalue weighted by Gasteiger charge is 1.98. The van der Waals surface area contributed by atoms with E-state index >= 15 is 0 Å². The largest absolute Gasteiger partial charge is 0.507 e. The molecule has 0 saturated carbocycles. The first kappa shape index (κ1) is 9.98. The first-order valence-electron chi connectivity index (χ1n) is 3.38. The predicted octanol–water partition coefficient (Wildman–Crippen LogP) is 2.48. The Morgan fingerprint density at radius 3 is 1.73 bits per heavy atom. The molecular weight excluding hydrogens is 138 g/mol. The Balaban J connectivity index is 0.000001000. The molecule has 0 atom stereocenters. The summed E-state index contributed by atoms with van der Waals surface area (Å²) >= 11 is 0. The SMILES string of the molecule is Cc1cc(C)c(O)c(C)c1.N. The molecule has 0 aliphatic heterocycles. The van der Waals surface area contributed by atoms with E-state index in [4.69, 9.17) is 0 Å². The van der Waals surface area contributed by atoms with Crippen LogP contribution in [0.15, 0.2) is 12.1 Å². The molecular formula is C9H15NO. The molecule has 0 fully saturated rings. The third-order valence-corrected chi connectivity index (χ3v) is 1.64. The van der Waals surface area contributed by atoms with E-state index in [1.54, 1.807) is 0 Å². The van der Waals surface area contributed by atoms with Gasteiger partial charge in [-0.2, -0.15) is 0 Å². The minimum Gasteiger partial charge on any atom is -0.507 e. The Kier molecular flexibility index (Phi) is 3.08. The second-order valence-electron chi connectivity index (χ2n) is 2.75. The number of benzene rings is 1. The lowest BCUT2D eigenvalue weighted by Gasteiger charge is -2.03. The van der Waals surface area contributed by atoms with Gasteiger partial charge in [0.15, 0.2) is 0 Å². The number of phenols is 1. The van der Waals surface area contributed by atoms with E-state index in [1.807, 2.05) is 32.9 Å². The van der Waals surface area contributed by atoms with E-state index < -0.39 is 0 Å². The third kappa shape index (κ3) is 1.95. The van der Waals surface area contributed by atoms with Crippen LogP contribution in [0.2, 0.25) is 0 Å². The second kappa shape index (κ2) is 3.39. The van der Waals surface area contributed by atoms with E-state index in [0.29, 0.717) is 5.75 Å². The van der Waals surface area contributed by atoms with Crippen molar-refractivity contribution in [3.63, 3.8) is 0 Å². The summed E-state index contributed by atoms with van der Waals surface area (Å²) < 4.78 is 0. The summed E-state index contributed by atoms with van der Waals surface area (Å²) in [5.41, 5.74) is 3.11. The molecule has 0 unspecified atom stereocenters. The van der Waals surface area contributed by atoms with Gasteiger partial charge in [-0.15, -0.1) is 0 Å². The van der Waals surface area contributed by atoms with Crippen LogP contribution in [0.25, 0.3) is 0 Å². The maximum Gasteiger partial charge on any atom is 0.121 e. The summed E-state index contributed by atoms with van der Waals surface area (Å²) in [6.07, 6.45) is 0. The first-order valence-corrected chi connectivity index (χ1v) is 3.38. The van der Waals surface area contributed by atoms with Crippen LogP contribution in [-0.4, -0.2) is 5.11 Å². The van der Waals surface area contributed by atoms with Crippen LogP contribution in [0.5, 0.6) is 5.75 Å². The zero-order valence-corrected chi connectivity index (χ0v) is 7.31. The Hall–Kier alpha value is -1.02. The average Bonchev–Trinajstić information content (AvgIpc) is 1.82. The van der Waals surface area contributed by atoms with Gasteiger partial charge >= 0.3 is 0 Å². The van der Waals surface area contributed by atoms with Gasteiger partial charge in [-0.05, 0) is 31.9 Å². The lowest BCUT2D eigenvalue weighted by molar-refractivity contribution is 0.466. The molecule has 11 heavy (non-hydrogen) atoms. The quantitative estimate of drug-likeness (QED) is 0.601. The fourth-order valence-corrected chi connectivity index (χ4v) is 1.17. The highest BCUT2D eigenvalue weighted by atomic mass is 16.3. The van der Waals surface area contributed by atoms with Gasteiger partial charge in [-0.25, -0.2) is 0 Å². The van der Waals surface area contributed by atoms with E-state index in [1.165, 1.54) is 5.56 Å². The van der Waals surface area contributed by atoms with Crippen molar-refractivity contribution < 1.29 is 5.11 Å². The van der Waals surface area contributed by atoms with Crippen LogP contribution >= 0.6 is 0 Å². The summed E-state index contributed by atoms with van der Waals surface area (Å²) in [5, 5.41) is 9.33. The van der Waals surface area contributed by atoms with Crippen LogP contribution in [0.4, 0.5) is 0 Å². The predicted molar refractivity (Wildman–Crippen MR) is 47.3 cm³/mol. The number of hydrogen-bond acceptors (Lipinski definition) is 2. The zero-order chi connectivity index (χ0) is 7.72. The van der Waals surface area contributed by atoms with Gasteiger partial charge in [0, 0.05) is 0 Å². The normalized spacial score (nSPS) is 9.00. The topological polar surface area (TPSA) is 55.2 Å². The summed E-state index contributed by atoms with van der Waals surface area (Å²) in [7, 11) is 0. The summed E-state index contributed by atoms with van der Waals surface area (Å²) in [6, 6.07) is 3.95. The van der Waals surface area contributed by atoms with Crippen LogP contribution in [0.1, 0.15) is 16.7 Å². The summed E-state index contributed by atoms with van der Waals surface area (Å²) in [5.74, 6) is 0.422. The smallest absolute Gasteiger partial charge is 0.121 e. The van der Waals surface area contributed by atoms with Crippen molar-refractivity contribution in [1.82, 2.24) is 6.15 Å². The van der Waals surface area contributed by atoms with E-state index in [2.05, 4.69) is 0 Å². The van der Waals surface area contributed by atoms with Gasteiger partial charge in [0.1, 0.15) is 5.75 Å². The third-order valence-electron chi connectivity index (χ3n) is 1.64. The summed E-state index contributed by atoms with van der Waals surface area (Å²) in [4.78, 5) is 0. The second-order valence-corrected chi connectivity index (χ2v) is 2.75. The Morgan fingerprint density at radius 1 is 1.00 bits per heavy atom. The Bertz CT molecular complexity index is 233. The fourth-order valence-electron chi connectivity index (χ4n) is 1.17. The van der Waals surface area contributed by atoms with Crippen LogP contribution < -0.4 is 6.15 Å². The van der Waals surface area contributed by atoms with Crippen molar-refractivity contribution in [2.45, 2.75) is 20.8 Å². The van der Waals surface area contributed by atoms with Gasteiger partial charge in [-0.3, -0.25) is 0 Å². The molecule has 4 N–H and O–H groups in total. The van der Waals surface area contributed by atoms with Gasteiger partial charge < -0.3 is 11.3 Å². The Labute approximate surface area is 67.5 Å². The van der Waals surface area contributed by atoms with E-state index in [0.717, 1.165) is 11.1 Å². The first-order chi connectivity index (χ1) is 4.61. The molecule has 0 spiro atoms. The van der Waals surface area contributed by atoms with Crippen LogP contribution in [0.3, 0.4) is 0 Å². The molecule has 1 aromatic carbocycles. The average molecular weight is 153 g/mol. The van der Waals surface area contributed by atoms with Crippen molar-refractivity contribution in [2.75, 3.05) is 0 Å². The number of aryl methyl sites for hydroxylation is 3. The fraction of sp³-hybridized carbons (Fsp3) is 0.333. The summed E-state index contributed by atoms with van der Waals surface area (Å²) in [6.45, 7) is 5.85. The molecule has 0 aromatic heterocycles. The van der Waals surface area contributed by atoms with Crippen molar-refractivity contribution in [2.24, 2.45) is 0 Å². The number of rotatable bonds is 0. The molecule has 0 saturated heterocycles. The molecule has 0 bridgehead atoms.